The lowest BCUT2D eigenvalue weighted by Crippen LogP contribution is -2.18. The van der Waals surface area contributed by atoms with Gasteiger partial charge in [-0.2, -0.15) is 0 Å². The highest BCUT2D eigenvalue weighted by Crippen LogP contribution is 2.48. The summed E-state index contributed by atoms with van der Waals surface area (Å²) in [5.74, 6) is -0.861. The lowest BCUT2D eigenvalue weighted by molar-refractivity contribution is -0.150. The van der Waals surface area contributed by atoms with Gasteiger partial charge in [0.2, 0.25) is 0 Å². The van der Waals surface area contributed by atoms with Crippen LogP contribution in [-0.2, 0) is 27.9 Å². The van der Waals surface area contributed by atoms with E-state index in [0.717, 1.165) is 0 Å². The molecule has 0 spiro atoms. The SMILES string of the molecule is CCCC(=O)O[C@H](CC(=O)CP(=O)(OCC)OCC)c1ccc(Cl)cc1Cl. The van der Waals surface area contributed by atoms with E-state index >= 15 is 0 Å². The summed E-state index contributed by atoms with van der Waals surface area (Å²) in [5.41, 5.74) is 0.460. The highest BCUT2D eigenvalue weighted by Gasteiger charge is 2.30. The molecule has 0 aliphatic heterocycles. The van der Waals surface area contributed by atoms with Gasteiger partial charge in [-0.05, 0) is 32.4 Å². The van der Waals surface area contributed by atoms with Crippen molar-refractivity contribution in [1.29, 1.82) is 0 Å². The van der Waals surface area contributed by atoms with Crippen LogP contribution in [-0.4, -0.2) is 31.1 Å². The summed E-state index contributed by atoms with van der Waals surface area (Å²) in [6.07, 6.45) is -0.676. The molecule has 0 saturated heterocycles. The first kappa shape index (κ1) is 24.1. The molecule has 152 valence electrons. The number of halogens is 2. The molecule has 0 radical (unpaired) electrons. The molecule has 1 rings (SSSR count). The number of hydrogen-bond acceptors (Lipinski definition) is 6. The maximum atomic E-state index is 12.6. The number of ether oxygens (including phenoxy) is 1. The van der Waals surface area contributed by atoms with E-state index < -0.39 is 31.6 Å². The van der Waals surface area contributed by atoms with Crippen LogP contribution in [0.5, 0.6) is 0 Å². The molecule has 1 aromatic carbocycles. The number of esters is 1. The standard InChI is InChI=1S/C18H25Cl2O6P/c1-4-7-18(22)26-17(15-9-8-13(19)10-16(15)20)11-14(21)12-27(23,24-5-2)25-6-3/h8-10,17H,4-7,11-12H2,1-3H3/t17-/m1/s1. The molecule has 0 saturated carbocycles. The smallest absolute Gasteiger partial charge is 0.338 e. The van der Waals surface area contributed by atoms with Crippen LogP contribution in [0.4, 0.5) is 0 Å². The van der Waals surface area contributed by atoms with Gasteiger partial charge in [-0.15, -0.1) is 0 Å². The normalized spacial score (nSPS) is 12.6. The van der Waals surface area contributed by atoms with E-state index in [9.17, 15) is 14.2 Å². The van der Waals surface area contributed by atoms with Crippen molar-refractivity contribution in [2.24, 2.45) is 0 Å². The second-order valence-electron chi connectivity index (χ2n) is 5.74. The average molecular weight is 439 g/mol. The fraction of sp³-hybridized carbons (Fsp3) is 0.556. The summed E-state index contributed by atoms with van der Waals surface area (Å²) in [7, 11) is -3.53. The Hall–Kier alpha value is -0.910. The van der Waals surface area contributed by atoms with Gasteiger partial charge in [-0.1, -0.05) is 36.2 Å². The summed E-state index contributed by atoms with van der Waals surface area (Å²) in [6.45, 7) is 5.49. The van der Waals surface area contributed by atoms with Crippen molar-refractivity contribution in [2.75, 3.05) is 19.4 Å². The number of Topliss-reactive ketones (excluding diaryl/α,β-unsaturated/α-hetero) is 1. The first-order valence-corrected chi connectivity index (χ1v) is 11.3. The first-order chi connectivity index (χ1) is 12.7. The molecule has 0 heterocycles. The predicted octanol–water partition coefficient (Wildman–Crippen LogP) is 5.60. The lowest BCUT2D eigenvalue weighted by Gasteiger charge is -2.21. The highest BCUT2D eigenvalue weighted by atomic mass is 35.5. The Balaban J connectivity index is 3.00. The Morgan fingerprint density at radius 3 is 2.26 bits per heavy atom. The molecule has 0 aromatic heterocycles. The van der Waals surface area contributed by atoms with Gasteiger partial charge in [0.1, 0.15) is 18.0 Å². The summed E-state index contributed by atoms with van der Waals surface area (Å²) < 4.78 is 28.3. The van der Waals surface area contributed by atoms with Gasteiger partial charge >= 0.3 is 13.6 Å². The predicted molar refractivity (Wildman–Crippen MR) is 106 cm³/mol. The van der Waals surface area contributed by atoms with Gasteiger partial charge in [0.25, 0.3) is 0 Å². The summed E-state index contributed by atoms with van der Waals surface area (Å²) in [4.78, 5) is 24.5. The number of carbonyl (C=O) groups is 2. The topological polar surface area (TPSA) is 78.9 Å². The van der Waals surface area contributed by atoms with Gasteiger partial charge in [0.15, 0.2) is 0 Å². The van der Waals surface area contributed by atoms with E-state index in [4.69, 9.17) is 37.0 Å². The van der Waals surface area contributed by atoms with E-state index in [0.29, 0.717) is 17.0 Å². The van der Waals surface area contributed by atoms with Gasteiger partial charge < -0.3 is 13.8 Å². The van der Waals surface area contributed by atoms with Crippen LogP contribution in [0.25, 0.3) is 0 Å². The minimum absolute atomic E-state index is 0.155. The third-order valence-electron chi connectivity index (χ3n) is 3.47. The maximum Gasteiger partial charge on any atom is 0.338 e. The Morgan fingerprint density at radius 2 is 1.74 bits per heavy atom. The molecular formula is C18H25Cl2O6P. The number of benzene rings is 1. The fourth-order valence-electron chi connectivity index (χ4n) is 2.41. The summed E-state index contributed by atoms with van der Waals surface area (Å²) >= 11 is 12.1. The molecule has 0 fully saturated rings. The number of carbonyl (C=O) groups excluding carboxylic acids is 2. The second kappa shape index (κ2) is 11.8. The van der Waals surface area contributed by atoms with Crippen molar-refractivity contribution < 1.29 is 27.9 Å². The highest BCUT2D eigenvalue weighted by molar-refractivity contribution is 7.54. The van der Waals surface area contributed by atoms with Crippen molar-refractivity contribution in [3.8, 4) is 0 Å². The average Bonchev–Trinajstić information content (AvgIpc) is 2.54. The third kappa shape index (κ3) is 8.32. The second-order valence-corrected chi connectivity index (χ2v) is 8.64. The Labute approximate surface area is 170 Å². The Morgan fingerprint density at radius 1 is 1.11 bits per heavy atom. The van der Waals surface area contributed by atoms with Crippen LogP contribution in [0.15, 0.2) is 18.2 Å². The molecule has 0 amide bonds. The van der Waals surface area contributed by atoms with Gasteiger partial charge in [-0.25, -0.2) is 0 Å². The molecule has 0 aliphatic carbocycles. The van der Waals surface area contributed by atoms with Crippen molar-refractivity contribution in [3.63, 3.8) is 0 Å². The molecule has 0 bridgehead atoms. The molecule has 9 heteroatoms. The van der Waals surface area contributed by atoms with E-state index in [-0.39, 0.29) is 31.1 Å². The Bertz CT molecular complexity index is 684. The number of hydrogen-bond donors (Lipinski definition) is 0. The van der Waals surface area contributed by atoms with Crippen LogP contribution < -0.4 is 0 Å². The molecule has 1 aromatic rings. The molecule has 27 heavy (non-hydrogen) atoms. The summed E-state index contributed by atoms with van der Waals surface area (Å²) in [6, 6.07) is 4.71. The molecular weight excluding hydrogens is 414 g/mol. The number of rotatable bonds is 12. The molecule has 0 unspecified atom stereocenters. The van der Waals surface area contributed by atoms with Crippen molar-refractivity contribution in [1.82, 2.24) is 0 Å². The summed E-state index contributed by atoms with van der Waals surface area (Å²) in [5, 5.41) is 0.702. The minimum atomic E-state index is -3.53. The zero-order chi connectivity index (χ0) is 20.4. The number of ketones is 1. The maximum absolute atomic E-state index is 12.6. The zero-order valence-electron chi connectivity index (χ0n) is 15.7. The van der Waals surface area contributed by atoms with E-state index in [2.05, 4.69) is 0 Å². The monoisotopic (exact) mass is 438 g/mol. The van der Waals surface area contributed by atoms with Gasteiger partial charge in [0, 0.05) is 28.5 Å². The fourth-order valence-corrected chi connectivity index (χ4v) is 4.54. The van der Waals surface area contributed by atoms with E-state index in [1.165, 1.54) is 6.07 Å². The largest absolute Gasteiger partial charge is 0.457 e. The lowest BCUT2D eigenvalue weighted by atomic mass is 10.0. The quantitative estimate of drug-likeness (QED) is 0.312. The Kier molecular flexibility index (Phi) is 10.6. The molecule has 6 nitrogen and oxygen atoms in total. The van der Waals surface area contributed by atoms with Gasteiger partial charge in [-0.3, -0.25) is 14.2 Å². The molecule has 0 aliphatic rings. The van der Waals surface area contributed by atoms with Crippen LogP contribution in [0.1, 0.15) is 51.7 Å². The van der Waals surface area contributed by atoms with Crippen LogP contribution >= 0.6 is 30.8 Å². The van der Waals surface area contributed by atoms with Crippen LogP contribution in [0, 0.1) is 0 Å². The van der Waals surface area contributed by atoms with Crippen molar-refractivity contribution in [2.45, 2.75) is 46.1 Å². The van der Waals surface area contributed by atoms with E-state index in [1.807, 2.05) is 6.92 Å². The first-order valence-electron chi connectivity index (χ1n) is 8.78. The van der Waals surface area contributed by atoms with Gasteiger partial charge in [0.05, 0.1) is 13.2 Å². The van der Waals surface area contributed by atoms with E-state index in [1.54, 1.807) is 26.0 Å². The van der Waals surface area contributed by atoms with Crippen LogP contribution in [0.2, 0.25) is 10.0 Å². The molecule has 0 N–H and O–H groups in total. The van der Waals surface area contributed by atoms with Crippen molar-refractivity contribution >= 4 is 42.6 Å². The third-order valence-corrected chi connectivity index (χ3v) is 6.08. The molecule has 1 atom stereocenters. The minimum Gasteiger partial charge on any atom is -0.457 e. The van der Waals surface area contributed by atoms with Crippen molar-refractivity contribution in [3.05, 3.63) is 33.8 Å². The zero-order valence-corrected chi connectivity index (χ0v) is 18.1. The van der Waals surface area contributed by atoms with Crippen LogP contribution in [0.3, 0.4) is 0 Å².